The first kappa shape index (κ1) is 18.9. The van der Waals surface area contributed by atoms with Crippen LogP contribution < -0.4 is 15.5 Å². The van der Waals surface area contributed by atoms with Gasteiger partial charge in [0.1, 0.15) is 5.82 Å². The lowest BCUT2D eigenvalue weighted by Crippen LogP contribution is -2.49. The summed E-state index contributed by atoms with van der Waals surface area (Å²) in [7, 11) is 0. The van der Waals surface area contributed by atoms with Crippen LogP contribution in [0.3, 0.4) is 0 Å². The number of piperidine rings is 1. The van der Waals surface area contributed by atoms with Gasteiger partial charge in [-0.05, 0) is 86.6 Å². The summed E-state index contributed by atoms with van der Waals surface area (Å²) in [6.07, 6.45) is 5.40. The Morgan fingerprint density at radius 1 is 1.07 bits per heavy atom. The highest BCUT2D eigenvalue weighted by atomic mass is 19.1. The average molecular weight is 381 g/mol. The summed E-state index contributed by atoms with van der Waals surface area (Å²) in [4.78, 5) is 14.9. The van der Waals surface area contributed by atoms with E-state index in [1.54, 1.807) is 0 Å². The maximum absolute atomic E-state index is 13.1. The first-order valence-corrected chi connectivity index (χ1v) is 10.3. The van der Waals surface area contributed by atoms with Crippen molar-refractivity contribution in [2.75, 3.05) is 23.3 Å². The fourth-order valence-corrected chi connectivity index (χ4v) is 4.29. The fraction of sp³-hybridized carbons (Fsp3) is 0.435. The molecule has 2 aliphatic rings. The molecule has 0 aromatic heterocycles. The van der Waals surface area contributed by atoms with Gasteiger partial charge >= 0.3 is 0 Å². The van der Waals surface area contributed by atoms with Crippen LogP contribution >= 0.6 is 0 Å². The summed E-state index contributed by atoms with van der Waals surface area (Å²) in [6.45, 7) is 3.74. The van der Waals surface area contributed by atoms with Crippen LogP contribution in [0.15, 0.2) is 42.5 Å². The quantitative estimate of drug-likeness (QED) is 0.826. The van der Waals surface area contributed by atoms with E-state index < -0.39 is 0 Å². The molecule has 5 heteroatoms. The van der Waals surface area contributed by atoms with Crippen LogP contribution in [0.5, 0.6) is 0 Å². The van der Waals surface area contributed by atoms with Crippen LogP contribution in [0.4, 0.5) is 15.8 Å². The van der Waals surface area contributed by atoms with Crippen molar-refractivity contribution >= 4 is 17.3 Å². The molecule has 28 heavy (non-hydrogen) atoms. The largest absolute Gasteiger partial charge is 0.371 e. The number of nitrogens with zero attached hydrogens (tertiary/aromatic N) is 1. The van der Waals surface area contributed by atoms with Gasteiger partial charge in [-0.1, -0.05) is 6.07 Å². The number of amides is 1. The van der Waals surface area contributed by atoms with Gasteiger partial charge in [-0.2, -0.15) is 0 Å². The van der Waals surface area contributed by atoms with Crippen molar-refractivity contribution in [1.29, 1.82) is 0 Å². The van der Waals surface area contributed by atoms with Crippen LogP contribution in [-0.2, 0) is 17.6 Å². The molecule has 1 amide bonds. The van der Waals surface area contributed by atoms with E-state index in [2.05, 4.69) is 27.7 Å². The van der Waals surface area contributed by atoms with E-state index in [-0.39, 0.29) is 17.8 Å². The van der Waals surface area contributed by atoms with Crippen molar-refractivity contribution < 1.29 is 9.18 Å². The number of carbonyl (C=O) groups excluding carboxylic acids is 1. The molecule has 0 spiro atoms. The van der Waals surface area contributed by atoms with Gasteiger partial charge in [-0.25, -0.2) is 4.39 Å². The predicted molar refractivity (Wildman–Crippen MR) is 111 cm³/mol. The fourth-order valence-electron chi connectivity index (χ4n) is 4.29. The lowest BCUT2D eigenvalue weighted by Gasteiger charge is -2.35. The molecule has 1 atom stereocenters. The topological polar surface area (TPSA) is 44.4 Å². The second-order valence-electron chi connectivity index (χ2n) is 7.95. The molecule has 4 nitrogen and oxygen atoms in total. The summed E-state index contributed by atoms with van der Waals surface area (Å²) in [6, 6.07) is 13.0. The van der Waals surface area contributed by atoms with E-state index in [0.717, 1.165) is 50.1 Å². The summed E-state index contributed by atoms with van der Waals surface area (Å²) in [5.41, 5.74) is 4.73. The van der Waals surface area contributed by atoms with E-state index in [0.29, 0.717) is 6.04 Å². The Morgan fingerprint density at radius 2 is 1.79 bits per heavy atom. The number of carbonyl (C=O) groups is 1. The second kappa shape index (κ2) is 8.31. The molecule has 2 aromatic rings. The Kier molecular flexibility index (Phi) is 5.62. The standard InChI is InChI=1S/C23H28FN3O/c1-16(23(28)26-21-8-5-17-3-2-4-18(17)15-21)25-20-11-13-27(14-12-20)22-9-6-19(24)7-10-22/h5-10,15-16,20,25H,2-4,11-14H2,1H3,(H,26,28). The van der Waals surface area contributed by atoms with Crippen molar-refractivity contribution in [1.82, 2.24) is 5.32 Å². The number of rotatable bonds is 5. The van der Waals surface area contributed by atoms with Crippen molar-refractivity contribution in [3.05, 3.63) is 59.4 Å². The second-order valence-corrected chi connectivity index (χ2v) is 7.95. The van der Waals surface area contributed by atoms with Crippen molar-refractivity contribution in [2.24, 2.45) is 0 Å². The molecule has 0 radical (unpaired) electrons. The molecule has 148 valence electrons. The van der Waals surface area contributed by atoms with Gasteiger partial charge < -0.3 is 15.5 Å². The summed E-state index contributed by atoms with van der Waals surface area (Å²) in [5.74, 6) is -0.192. The Bertz CT molecular complexity index is 828. The third-order valence-corrected chi connectivity index (χ3v) is 5.93. The van der Waals surface area contributed by atoms with E-state index in [1.165, 1.54) is 29.7 Å². The molecule has 1 unspecified atom stereocenters. The Balaban J connectivity index is 1.26. The number of hydrogen-bond acceptors (Lipinski definition) is 3. The Labute approximate surface area is 166 Å². The zero-order valence-corrected chi connectivity index (χ0v) is 16.4. The third kappa shape index (κ3) is 4.36. The minimum Gasteiger partial charge on any atom is -0.371 e. The molecule has 1 aliphatic heterocycles. The molecule has 1 saturated heterocycles. The molecule has 2 N–H and O–H groups in total. The molecule has 1 fully saturated rings. The highest BCUT2D eigenvalue weighted by Crippen LogP contribution is 2.25. The summed E-state index contributed by atoms with van der Waals surface area (Å²) in [5, 5.41) is 6.53. The molecular formula is C23H28FN3O. The Hall–Kier alpha value is -2.40. The molecule has 1 heterocycles. The van der Waals surface area contributed by atoms with Crippen molar-refractivity contribution in [3.8, 4) is 0 Å². The number of aryl methyl sites for hydroxylation is 2. The molecule has 4 rings (SSSR count). The zero-order chi connectivity index (χ0) is 19.5. The van der Waals surface area contributed by atoms with Gasteiger partial charge in [0.25, 0.3) is 0 Å². The number of nitrogens with one attached hydrogen (secondary N) is 2. The third-order valence-electron chi connectivity index (χ3n) is 5.93. The zero-order valence-electron chi connectivity index (χ0n) is 16.4. The van der Waals surface area contributed by atoms with Crippen LogP contribution in [0.2, 0.25) is 0 Å². The predicted octanol–water partition coefficient (Wildman–Crippen LogP) is 3.90. The SMILES string of the molecule is CC(NC1CCN(c2ccc(F)cc2)CC1)C(=O)Nc1ccc2c(c1)CCC2. The Morgan fingerprint density at radius 3 is 2.54 bits per heavy atom. The highest BCUT2D eigenvalue weighted by molar-refractivity contribution is 5.94. The van der Waals surface area contributed by atoms with Crippen molar-refractivity contribution in [2.45, 2.75) is 51.1 Å². The van der Waals surface area contributed by atoms with Crippen LogP contribution in [-0.4, -0.2) is 31.1 Å². The monoisotopic (exact) mass is 381 g/mol. The molecule has 0 bridgehead atoms. The lowest BCUT2D eigenvalue weighted by molar-refractivity contribution is -0.118. The van der Waals surface area contributed by atoms with E-state index in [4.69, 9.17) is 0 Å². The van der Waals surface area contributed by atoms with Crippen LogP contribution in [0.1, 0.15) is 37.3 Å². The minimum absolute atomic E-state index is 0.0129. The van der Waals surface area contributed by atoms with Crippen molar-refractivity contribution in [3.63, 3.8) is 0 Å². The maximum Gasteiger partial charge on any atom is 0.241 e. The highest BCUT2D eigenvalue weighted by Gasteiger charge is 2.23. The number of halogens is 1. The van der Waals surface area contributed by atoms with Crippen LogP contribution in [0, 0.1) is 5.82 Å². The molecule has 0 saturated carbocycles. The van der Waals surface area contributed by atoms with Gasteiger partial charge in [0, 0.05) is 30.5 Å². The van der Waals surface area contributed by atoms with Crippen LogP contribution in [0.25, 0.3) is 0 Å². The number of benzene rings is 2. The number of anilines is 2. The number of fused-ring (bicyclic) bond motifs is 1. The minimum atomic E-state index is -0.240. The van der Waals surface area contributed by atoms with Gasteiger partial charge in [0.05, 0.1) is 6.04 Å². The van der Waals surface area contributed by atoms with Gasteiger partial charge in [-0.3, -0.25) is 4.79 Å². The summed E-state index contributed by atoms with van der Waals surface area (Å²) < 4.78 is 13.1. The van der Waals surface area contributed by atoms with Gasteiger partial charge in [0.15, 0.2) is 0 Å². The first-order valence-electron chi connectivity index (χ1n) is 10.3. The summed E-state index contributed by atoms with van der Waals surface area (Å²) >= 11 is 0. The molecule has 2 aromatic carbocycles. The normalized spacial score (nSPS) is 18.0. The van der Waals surface area contributed by atoms with E-state index in [9.17, 15) is 9.18 Å². The van der Waals surface area contributed by atoms with E-state index in [1.807, 2.05) is 25.1 Å². The average Bonchev–Trinajstić information content (AvgIpc) is 3.17. The maximum atomic E-state index is 13.1. The van der Waals surface area contributed by atoms with Gasteiger partial charge in [0.2, 0.25) is 5.91 Å². The van der Waals surface area contributed by atoms with E-state index >= 15 is 0 Å². The lowest BCUT2D eigenvalue weighted by atomic mass is 10.0. The van der Waals surface area contributed by atoms with Gasteiger partial charge in [-0.15, -0.1) is 0 Å². The first-order chi connectivity index (χ1) is 13.6. The molecular weight excluding hydrogens is 353 g/mol. The molecule has 1 aliphatic carbocycles. The number of hydrogen-bond donors (Lipinski definition) is 2. The smallest absolute Gasteiger partial charge is 0.241 e.